The summed E-state index contributed by atoms with van der Waals surface area (Å²) in [5, 5.41) is 7.57. The van der Waals surface area contributed by atoms with Gasteiger partial charge in [-0.15, -0.1) is 0 Å². The van der Waals surface area contributed by atoms with Crippen LogP contribution in [0.5, 0.6) is 0 Å². The van der Waals surface area contributed by atoms with E-state index in [9.17, 15) is 0 Å². The normalized spacial score (nSPS) is 13.1. The molecule has 1 unspecified atom stereocenters. The van der Waals surface area contributed by atoms with Crippen molar-refractivity contribution in [3.8, 4) is 0 Å². The first kappa shape index (κ1) is 11.2. The SMILES string of the molecule is CCC(CCCn1cc(C)cn1)NC. The highest BCUT2D eigenvalue weighted by Crippen LogP contribution is 2.03. The van der Waals surface area contributed by atoms with Gasteiger partial charge in [0.15, 0.2) is 0 Å². The summed E-state index contributed by atoms with van der Waals surface area (Å²) in [6, 6.07) is 0.659. The Morgan fingerprint density at radius 1 is 1.57 bits per heavy atom. The lowest BCUT2D eigenvalue weighted by molar-refractivity contribution is 0.456. The molecule has 14 heavy (non-hydrogen) atoms. The molecule has 3 nitrogen and oxygen atoms in total. The molecular weight excluding hydrogens is 174 g/mol. The summed E-state index contributed by atoms with van der Waals surface area (Å²) in [6.07, 6.45) is 7.64. The third-order valence-electron chi connectivity index (χ3n) is 2.60. The standard InChI is InChI=1S/C11H21N3/c1-4-11(12-3)6-5-7-14-9-10(2)8-13-14/h8-9,11-12H,4-7H2,1-3H3. The van der Waals surface area contributed by atoms with Gasteiger partial charge in [0.05, 0.1) is 6.20 Å². The Hall–Kier alpha value is -0.830. The molecule has 1 heterocycles. The highest BCUT2D eigenvalue weighted by molar-refractivity contribution is 4.99. The van der Waals surface area contributed by atoms with Gasteiger partial charge in [0.2, 0.25) is 0 Å². The molecule has 0 amide bonds. The number of rotatable bonds is 6. The number of nitrogens with one attached hydrogen (secondary N) is 1. The second-order valence-corrected chi connectivity index (χ2v) is 3.82. The van der Waals surface area contributed by atoms with E-state index in [-0.39, 0.29) is 0 Å². The summed E-state index contributed by atoms with van der Waals surface area (Å²) in [5.74, 6) is 0. The third-order valence-corrected chi connectivity index (χ3v) is 2.60. The van der Waals surface area contributed by atoms with E-state index >= 15 is 0 Å². The van der Waals surface area contributed by atoms with E-state index in [1.807, 2.05) is 17.9 Å². The van der Waals surface area contributed by atoms with Gasteiger partial charge in [-0.3, -0.25) is 4.68 Å². The summed E-state index contributed by atoms with van der Waals surface area (Å²) in [4.78, 5) is 0. The van der Waals surface area contributed by atoms with E-state index in [0.717, 1.165) is 6.54 Å². The maximum absolute atomic E-state index is 4.26. The van der Waals surface area contributed by atoms with Gasteiger partial charge in [-0.2, -0.15) is 5.10 Å². The molecule has 0 aromatic carbocycles. The molecule has 0 radical (unpaired) electrons. The van der Waals surface area contributed by atoms with Crippen molar-refractivity contribution in [1.29, 1.82) is 0 Å². The summed E-state index contributed by atoms with van der Waals surface area (Å²) in [5.41, 5.74) is 1.24. The van der Waals surface area contributed by atoms with Crippen molar-refractivity contribution in [2.45, 2.75) is 45.7 Å². The van der Waals surface area contributed by atoms with E-state index in [0.29, 0.717) is 6.04 Å². The van der Waals surface area contributed by atoms with E-state index in [4.69, 9.17) is 0 Å². The predicted octanol–water partition coefficient (Wildman–Crippen LogP) is 1.97. The van der Waals surface area contributed by atoms with Crippen LogP contribution in [0.15, 0.2) is 12.4 Å². The zero-order chi connectivity index (χ0) is 10.4. The lowest BCUT2D eigenvalue weighted by Crippen LogP contribution is -2.24. The summed E-state index contributed by atoms with van der Waals surface area (Å²) >= 11 is 0. The fraction of sp³-hybridized carbons (Fsp3) is 0.727. The first-order valence-electron chi connectivity index (χ1n) is 5.42. The molecule has 0 aliphatic carbocycles. The van der Waals surface area contributed by atoms with Crippen molar-refractivity contribution < 1.29 is 0 Å². The van der Waals surface area contributed by atoms with Gasteiger partial charge < -0.3 is 5.32 Å². The Labute approximate surface area is 86.5 Å². The molecule has 1 aromatic rings. The number of hydrogen-bond donors (Lipinski definition) is 1. The maximum atomic E-state index is 4.26. The zero-order valence-electron chi connectivity index (χ0n) is 9.45. The fourth-order valence-electron chi connectivity index (χ4n) is 1.64. The molecule has 0 aliphatic rings. The van der Waals surface area contributed by atoms with Crippen LogP contribution in [0.25, 0.3) is 0 Å². The van der Waals surface area contributed by atoms with Gasteiger partial charge in [0.25, 0.3) is 0 Å². The van der Waals surface area contributed by atoms with Crippen molar-refractivity contribution in [1.82, 2.24) is 15.1 Å². The molecule has 1 rings (SSSR count). The van der Waals surface area contributed by atoms with Crippen LogP contribution in [-0.2, 0) is 6.54 Å². The summed E-state index contributed by atoms with van der Waals surface area (Å²) in [7, 11) is 2.03. The smallest absolute Gasteiger partial charge is 0.0518 e. The molecule has 80 valence electrons. The van der Waals surface area contributed by atoms with E-state index in [2.05, 4.69) is 30.5 Å². The first-order valence-corrected chi connectivity index (χ1v) is 5.42. The molecule has 1 atom stereocenters. The van der Waals surface area contributed by atoms with Crippen LogP contribution in [0.2, 0.25) is 0 Å². The quantitative estimate of drug-likeness (QED) is 0.752. The van der Waals surface area contributed by atoms with Crippen molar-refractivity contribution in [2.75, 3.05) is 7.05 Å². The van der Waals surface area contributed by atoms with Gasteiger partial charge >= 0.3 is 0 Å². The largest absolute Gasteiger partial charge is 0.317 e. The number of hydrogen-bond acceptors (Lipinski definition) is 2. The van der Waals surface area contributed by atoms with Crippen LogP contribution in [0.1, 0.15) is 31.7 Å². The van der Waals surface area contributed by atoms with Crippen LogP contribution >= 0.6 is 0 Å². The monoisotopic (exact) mass is 195 g/mol. The molecule has 3 heteroatoms. The second-order valence-electron chi connectivity index (χ2n) is 3.82. The molecule has 0 bridgehead atoms. The van der Waals surface area contributed by atoms with Crippen molar-refractivity contribution in [3.05, 3.63) is 18.0 Å². The minimum Gasteiger partial charge on any atom is -0.317 e. The molecule has 0 aliphatic heterocycles. The van der Waals surface area contributed by atoms with E-state index < -0.39 is 0 Å². The van der Waals surface area contributed by atoms with Crippen LogP contribution in [0.3, 0.4) is 0 Å². The average Bonchev–Trinajstić information content (AvgIpc) is 2.59. The van der Waals surface area contributed by atoms with Crippen molar-refractivity contribution >= 4 is 0 Å². The third kappa shape index (κ3) is 3.50. The van der Waals surface area contributed by atoms with Gasteiger partial charge in [-0.1, -0.05) is 6.92 Å². The number of aryl methyl sites for hydroxylation is 2. The van der Waals surface area contributed by atoms with Crippen molar-refractivity contribution in [3.63, 3.8) is 0 Å². The van der Waals surface area contributed by atoms with Crippen LogP contribution in [0, 0.1) is 6.92 Å². The Kier molecular flexibility index (Phi) is 4.66. The van der Waals surface area contributed by atoms with Gasteiger partial charge in [0, 0.05) is 18.8 Å². The summed E-state index contributed by atoms with van der Waals surface area (Å²) < 4.78 is 2.03. The fourth-order valence-corrected chi connectivity index (χ4v) is 1.64. The lowest BCUT2D eigenvalue weighted by Gasteiger charge is -2.12. The lowest BCUT2D eigenvalue weighted by atomic mass is 10.1. The maximum Gasteiger partial charge on any atom is 0.0518 e. The average molecular weight is 195 g/mol. The first-order chi connectivity index (χ1) is 6.76. The van der Waals surface area contributed by atoms with Crippen LogP contribution in [-0.4, -0.2) is 22.9 Å². The minimum absolute atomic E-state index is 0.659. The molecule has 0 fully saturated rings. The van der Waals surface area contributed by atoms with Crippen LogP contribution < -0.4 is 5.32 Å². The molecule has 0 saturated carbocycles. The van der Waals surface area contributed by atoms with Gasteiger partial charge in [0.1, 0.15) is 0 Å². The Morgan fingerprint density at radius 2 is 2.36 bits per heavy atom. The minimum atomic E-state index is 0.659. The van der Waals surface area contributed by atoms with Gasteiger partial charge in [-0.25, -0.2) is 0 Å². The Morgan fingerprint density at radius 3 is 2.86 bits per heavy atom. The number of nitrogens with zero attached hydrogens (tertiary/aromatic N) is 2. The zero-order valence-corrected chi connectivity index (χ0v) is 9.45. The van der Waals surface area contributed by atoms with Crippen molar-refractivity contribution in [2.24, 2.45) is 0 Å². The number of aromatic nitrogens is 2. The highest BCUT2D eigenvalue weighted by Gasteiger charge is 2.02. The second kappa shape index (κ2) is 5.81. The molecular formula is C11H21N3. The summed E-state index contributed by atoms with van der Waals surface area (Å²) in [6.45, 7) is 5.33. The predicted molar refractivity (Wildman–Crippen MR) is 59.3 cm³/mol. The Balaban J connectivity index is 2.21. The van der Waals surface area contributed by atoms with Crippen LogP contribution in [0.4, 0.5) is 0 Å². The highest BCUT2D eigenvalue weighted by atomic mass is 15.3. The van der Waals surface area contributed by atoms with Gasteiger partial charge in [-0.05, 0) is 38.8 Å². The van der Waals surface area contributed by atoms with E-state index in [1.54, 1.807) is 0 Å². The molecule has 1 N–H and O–H groups in total. The Bertz CT molecular complexity index is 251. The van der Waals surface area contributed by atoms with E-state index in [1.165, 1.54) is 24.8 Å². The molecule has 0 spiro atoms. The molecule has 1 aromatic heterocycles. The molecule has 0 saturated heterocycles. The topological polar surface area (TPSA) is 29.9 Å².